The highest BCUT2D eigenvalue weighted by molar-refractivity contribution is 5.19. The van der Waals surface area contributed by atoms with Crippen LogP contribution in [0.2, 0.25) is 0 Å². The number of rotatable bonds is 6. The fraction of sp³-hybridized carbons (Fsp3) is 0.647. The van der Waals surface area contributed by atoms with Crippen molar-refractivity contribution >= 4 is 0 Å². The van der Waals surface area contributed by atoms with Gasteiger partial charge in [-0.2, -0.15) is 0 Å². The van der Waals surface area contributed by atoms with Crippen LogP contribution in [0.5, 0.6) is 0 Å². The zero-order chi connectivity index (χ0) is 15.2. The van der Waals surface area contributed by atoms with Crippen molar-refractivity contribution in [3.8, 4) is 0 Å². The van der Waals surface area contributed by atoms with Gasteiger partial charge in [0, 0.05) is 31.7 Å². The van der Waals surface area contributed by atoms with Crippen LogP contribution in [0.4, 0.5) is 4.39 Å². The van der Waals surface area contributed by atoms with Gasteiger partial charge in [0.25, 0.3) is 0 Å². The molecule has 1 heterocycles. The minimum absolute atomic E-state index is 0.0902. The lowest BCUT2D eigenvalue weighted by Gasteiger charge is -2.42. The van der Waals surface area contributed by atoms with Gasteiger partial charge < -0.3 is 10.2 Å². The molecule has 0 saturated carbocycles. The second kappa shape index (κ2) is 7.87. The predicted molar refractivity (Wildman–Crippen MR) is 86.1 cm³/mol. The number of halogens is 1. The van der Waals surface area contributed by atoms with E-state index in [1.165, 1.54) is 0 Å². The number of piperazine rings is 1. The summed E-state index contributed by atoms with van der Waals surface area (Å²) in [5, 5.41) is 3.63. The SMILES string of the molecule is CCCNC(Cc1ccccc1F)C1CN(C)CCN1C. The third-order valence-corrected chi connectivity index (χ3v) is 4.42. The number of benzene rings is 1. The highest BCUT2D eigenvalue weighted by atomic mass is 19.1. The van der Waals surface area contributed by atoms with Crippen molar-refractivity contribution in [2.24, 2.45) is 0 Å². The van der Waals surface area contributed by atoms with Gasteiger partial charge in [0.2, 0.25) is 0 Å². The molecular weight excluding hydrogens is 265 g/mol. The van der Waals surface area contributed by atoms with Crippen molar-refractivity contribution in [2.75, 3.05) is 40.3 Å². The molecule has 0 bridgehead atoms. The fourth-order valence-electron chi connectivity index (χ4n) is 3.05. The molecule has 0 spiro atoms. The van der Waals surface area contributed by atoms with Crippen molar-refractivity contribution in [3.05, 3.63) is 35.6 Å². The van der Waals surface area contributed by atoms with Crippen molar-refractivity contribution in [2.45, 2.75) is 31.8 Å². The van der Waals surface area contributed by atoms with Gasteiger partial charge in [-0.1, -0.05) is 25.1 Å². The highest BCUT2D eigenvalue weighted by Gasteiger charge is 2.29. The molecule has 2 unspecified atom stereocenters. The van der Waals surface area contributed by atoms with Gasteiger partial charge in [-0.05, 0) is 45.1 Å². The smallest absolute Gasteiger partial charge is 0.126 e. The molecule has 2 rings (SSSR count). The largest absolute Gasteiger partial charge is 0.312 e. The third kappa shape index (κ3) is 4.50. The predicted octanol–water partition coefficient (Wildman–Crippen LogP) is 1.98. The molecular formula is C17H28FN3. The van der Waals surface area contributed by atoms with E-state index in [0.717, 1.165) is 44.6 Å². The molecule has 21 heavy (non-hydrogen) atoms. The molecule has 1 aromatic carbocycles. The molecule has 1 fully saturated rings. The summed E-state index contributed by atoms with van der Waals surface area (Å²) in [6.07, 6.45) is 1.84. The molecule has 2 atom stereocenters. The quantitative estimate of drug-likeness (QED) is 0.865. The van der Waals surface area contributed by atoms with E-state index in [2.05, 4.69) is 36.1 Å². The van der Waals surface area contributed by atoms with Gasteiger partial charge in [-0.3, -0.25) is 4.90 Å². The molecule has 3 nitrogen and oxygen atoms in total. The van der Waals surface area contributed by atoms with Crippen LogP contribution in [0.3, 0.4) is 0 Å². The van der Waals surface area contributed by atoms with Gasteiger partial charge in [0.15, 0.2) is 0 Å². The van der Waals surface area contributed by atoms with Crippen LogP contribution in [0.15, 0.2) is 24.3 Å². The second-order valence-corrected chi connectivity index (χ2v) is 6.17. The monoisotopic (exact) mass is 293 g/mol. The van der Waals surface area contributed by atoms with Crippen LogP contribution in [-0.2, 0) is 6.42 Å². The molecule has 118 valence electrons. The lowest BCUT2D eigenvalue weighted by molar-refractivity contribution is 0.0874. The van der Waals surface area contributed by atoms with Crippen LogP contribution in [-0.4, -0.2) is 62.2 Å². The van der Waals surface area contributed by atoms with Crippen LogP contribution >= 0.6 is 0 Å². The normalized spacial score (nSPS) is 22.4. The molecule has 1 aliphatic heterocycles. The first-order valence-corrected chi connectivity index (χ1v) is 7.97. The third-order valence-electron chi connectivity index (χ3n) is 4.42. The van der Waals surface area contributed by atoms with Crippen LogP contribution in [0.1, 0.15) is 18.9 Å². The van der Waals surface area contributed by atoms with E-state index in [1.807, 2.05) is 12.1 Å². The van der Waals surface area contributed by atoms with Crippen molar-refractivity contribution in [1.29, 1.82) is 0 Å². The fourth-order valence-corrected chi connectivity index (χ4v) is 3.05. The Labute approximate surface area is 128 Å². The standard InChI is InChI=1S/C17H28FN3/c1-4-9-19-16(12-14-7-5-6-8-15(14)18)17-13-20(2)10-11-21(17)3/h5-8,16-17,19H,4,9-13H2,1-3H3. The number of likely N-dealkylation sites (N-methyl/N-ethyl adjacent to an activating group) is 2. The Hall–Kier alpha value is -0.970. The summed E-state index contributed by atoms with van der Waals surface area (Å²) in [5.74, 6) is -0.0902. The molecule has 1 N–H and O–H groups in total. The molecule has 0 radical (unpaired) electrons. The Morgan fingerprint density at radius 2 is 2.05 bits per heavy atom. The molecule has 1 saturated heterocycles. The first-order chi connectivity index (χ1) is 10.1. The first kappa shape index (κ1) is 16.4. The maximum atomic E-state index is 14.0. The van der Waals surface area contributed by atoms with Crippen LogP contribution in [0.25, 0.3) is 0 Å². The Morgan fingerprint density at radius 3 is 2.76 bits per heavy atom. The summed E-state index contributed by atoms with van der Waals surface area (Å²) in [5.41, 5.74) is 0.813. The van der Waals surface area contributed by atoms with Gasteiger partial charge in [-0.25, -0.2) is 4.39 Å². The minimum atomic E-state index is -0.0902. The summed E-state index contributed by atoms with van der Waals surface area (Å²) in [6, 6.07) is 7.86. The van der Waals surface area contributed by atoms with Crippen LogP contribution in [0, 0.1) is 5.82 Å². The molecule has 1 aliphatic rings. The van der Waals surface area contributed by atoms with Crippen molar-refractivity contribution in [3.63, 3.8) is 0 Å². The zero-order valence-corrected chi connectivity index (χ0v) is 13.5. The van der Waals surface area contributed by atoms with E-state index >= 15 is 0 Å². The topological polar surface area (TPSA) is 18.5 Å². The molecule has 4 heteroatoms. The lowest BCUT2D eigenvalue weighted by Crippen LogP contribution is -2.59. The summed E-state index contributed by atoms with van der Waals surface area (Å²) in [4.78, 5) is 4.78. The van der Waals surface area contributed by atoms with E-state index in [4.69, 9.17) is 0 Å². The maximum absolute atomic E-state index is 14.0. The van der Waals surface area contributed by atoms with Crippen molar-refractivity contribution in [1.82, 2.24) is 15.1 Å². The molecule has 1 aromatic rings. The molecule has 0 amide bonds. The Bertz CT molecular complexity index is 438. The number of hydrogen-bond acceptors (Lipinski definition) is 3. The minimum Gasteiger partial charge on any atom is -0.312 e. The summed E-state index contributed by atoms with van der Waals surface area (Å²) in [7, 11) is 4.35. The number of hydrogen-bond donors (Lipinski definition) is 1. The summed E-state index contributed by atoms with van der Waals surface area (Å²) < 4.78 is 14.0. The number of nitrogens with one attached hydrogen (secondary N) is 1. The molecule has 0 aromatic heterocycles. The first-order valence-electron chi connectivity index (χ1n) is 7.97. The van der Waals surface area contributed by atoms with Gasteiger partial charge in [0.05, 0.1) is 0 Å². The zero-order valence-electron chi connectivity index (χ0n) is 13.5. The molecule has 0 aliphatic carbocycles. The van der Waals surface area contributed by atoms with E-state index in [9.17, 15) is 4.39 Å². The highest BCUT2D eigenvalue weighted by Crippen LogP contribution is 2.16. The average molecular weight is 293 g/mol. The van der Waals surface area contributed by atoms with Crippen molar-refractivity contribution < 1.29 is 4.39 Å². The number of nitrogens with zero attached hydrogens (tertiary/aromatic N) is 2. The van der Waals surface area contributed by atoms with E-state index in [0.29, 0.717) is 6.04 Å². The van der Waals surface area contributed by atoms with E-state index in [-0.39, 0.29) is 11.9 Å². The summed E-state index contributed by atoms with van der Waals surface area (Å²) >= 11 is 0. The Balaban J connectivity index is 2.11. The van der Waals surface area contributed by atoms with Gasteiger partial charge >= 0.3 is 0 Å². The maximum Gasteiger partial charge on any atom is 0.126 e. The van der Waals surface area contributed by atoms with Crippen LogP contribution < -0.4 is 5.32 Å². The Kier molecular flexibility index (Phi) is 6.15. The summed E-state index contributed by atoms with van der Waals surface area (Å²) in [6.45, 7) is 6.36. The van der Waals surface area contributed by atoms with E-state index < -0.39 is 0 Å². The van der Waals surface area contributed by atoms with Gasteiger partial charge in [0.1, 0.15) is 5.82 Å². The second-order valence-electron chi connectivity index (χ2n) is 6.17. The van der Waals surface area contributed by atoms with E-state index in [1.54, 1.807) is 12.1 Å². The average Bonchev–Trinajstić information content (AvgIpc) is 2.48. The van der Waals surface area contributed by atoms with Gasteiger partial charge in [-0.15, -0.1) is 0 Å². The Morgan fingerprint density at radius 1 is 1.29 bits per heavy atom. The lowest BCUT2D eigenvalue weighted by atomic mass is 9.96.